The molecule has 2 rings (SSSR count). The average Bonchev–Trinajstić information content (AvgIpc) is 2.69. The van der Waals surface area contributed by atoms with Crippen molar-refractivity contribution in [3.05, 3.63) is 59.1 Å². The summed E-state index contributed by atoms with van der Waals surface area (Å²) in [4.78, 5) is 12.8. The lowest BCUT2D eigenvalue weighted by molar-refractivity contribution is -0.122. The second-order valence-electron chi connectivity index (χ2n) is 6.71. The monoisotopic (exact) mass is 438 g/mol. The van der Waals surface area contributed by atoms with Gasteiger partial charge in [-0.25, -0.2) is 8.42 Å². The minimum absolute atomic E-state index is 0.321. The van der Waals surface area contributed by atoms with E-state index < -0.39 is 16.1 Å². The number of rotatable bonds is 10. The number of halogens is 1. The molecule has 2 aromatic rings. The number of hydrogen-bond acceptors (Lipinski definition) is 4. The van der Waals surface area contributed by atoms with Gasteiger partial charge in [0.25, 0.3) is 0 Å². The quantitative estimate of drug-likeness (QED) is 0.574. The largest absolute Gasteiger partial charge is 0.497 e. The highest BCUT2D eigenvalue weighted by Gasteiger charge is 2.31. The number of methoxy groups -OCH3 is 1. The Balaban J connectivity index is 2.02. The molecule has 0 bridgehead atoms. The summed E-state index contributed by atoms with van der Waals surface area (Å²) in [6.07, 6.45) is 2.95. The number of benzene rings is 2. The Morgan fingerprint density at radius 3 is 2.48 bits per heavy atom. The van der Waals surface area contributed by atoms with Crippen molar-refractivity contribution in [2.75, 3.05) is 24.2 Å². The van der Waals surface area contributed by atoms with Crippen LogP contribution in [-0.4, -0.2) is 40.3 Å². The molecule has 0 fully saturated rings. The zero-order valence-corrected chi connectivity index (χ0v) is 18.5. The fourth-order valence-corrected chi connectivity index (χ4v) is 4.44. The molecule has 0 radical (unpaired) electrons. The molecule has 0 aliphatic rings. The third-order valence-electron chi connectivity index (χ3n) is 4.49. The van der Waals surface area contributed by atoms with Crippen LogP contribution in [0.4, 0.5) is 5.69 Å². The first-order valence-corrected chi connectivity index (χ1v) is 11.6. The molecular weight excluding hydrogens is 412 g/mol. The van der Waals surface area contributed by atoms with Gasteiger partial charge in [-0.1, -0.05) is 30.7 Å². The topological polar surface area (TPSA) is 75.7 Å². The summed E-state index contributed by atoms with van der Waals surface area (Å²) in [5.41, 5.74) is 1.53. The normalized spacial score (nSPS) is 12.3. The van der Waals surface area contributed by atoms with Crippen LogP contribution in [-0.2, 0) is 21.2 Å². The standard InChI is InChI=1S/C21H27ClN2O4S/c1-4-20(24(29(3,26)27)18-12-10-17(22)11-13-18)21(25)23-14-6-8-16-7-5-9-19(15-16)28-2/h5,7,9-13,15,20H,4,6,8,14H2,1-3H3,(H,23,25)/t20-/m1/s1. The first-order valence-electron chi connectivity index (χ1n) is 9.42. The predicted molar refractivity (Wildman–Crippen MR) is 117 cm³/mol. The van der Waals surface area contributed by atoms with Gasteiger partial charge in [-0.15, -0.1) is 0 Å². The van der Waals surface area contributed by atoms with Crippen LogP contribution in [0.15, 0.2) is 48.5 Å². The first-order chi connectivity index (χ1) is 13.8. The van der Waals surface area contributed by atoms with Gasteiger partial charge in [0.1, 0.15) is 11.8 Å². The van der Waals surface area contributed by atoms with Gasteiger partial charge in [0.05, 0.1) is 19.1 Å². The maximum atomic E-state index is 12.8. The van der Waals surface area contributed by atoms with Crippen LogP contribution in [0.25, 0.3) is 0 Å². The Morgan fingerprint density at radius 1 is 1.21 bits per heavy atom. The molecule has 0 aromatic heterocycles. The number of sulfonamides is 1. The minimum Gasteiger partial charge on any atom is -0.497 e. The zero-order chi connectivity index (χ0) is 21.4. The van der Waals surface area contributed by atoms with Gasteiger partial charge in [-0.05, 0) is 61.2 Å². The Morgan fingerprint density at radius 2 is 1.90 bits per heavy atom. The van der Waals surface area contributed by atoms with E-state index in [4.69, 9.17) is 16.3 Å². The molecule has 29 heavy (non-hydrogen) atoms. The molecule has 0 unspecified atom stereocenters. The molecule has 0 spiro atoms. The van der Waals surface area contributed by atoms with E-state index in [0.717, 1.165) is 34.7 Å². The van der Waals surface area contributed by atoms with Gasteiger partial charge in [0.15, 0.2) is 0 Å². The fourth-order valence-electron chi connectivity index (χ4n) is 3.10. The van der Waals surface area contributed by atoms with E-state index in [1.807, 2.05) is 24.3 Å². The van der Waals surface area contributed by atoms with Gasteiger partial charge >= 0.3 is 0 Å². The predicted octanol–water partition coefficient (Wildman–Crippen LogP) is 3.64. The molecule has 0 saturated heterocycles. The number of amides is 1. The van der Waals surface area contributed by atoms with Crippen LogP contribution in [0.5, 0.6) is 5.75 Å². The van der Waals surface area contributed by atoms with Gasteiger partial charge in [-0.2, -0.15) is 0 Å². The Kier molecular flexibility index (Phi) is 8.34. The minimum atomic E-state index is -3.65. The molecule has 2 aromatic carbocycles. The lowest BCUT2D eigenvalue weighted by atomic mass is 10.1. The summed E-state index contributed by atoms with van der Waals surface area (Å²) >= 11 is 5.91. The molecule has 8 heteroatoms. The van der Waals surface area contributed by atoms with Crippen LogP contribution >= 0.6 is 11.6 Å². The number of nitrogens with zero attached hydrogens (tertiary/aromatic N) is 1. The summed E-state index contributed by atoms with van der Waals surface area (Å²) in [5, 5.41) is 3.36. The number of carbonyl (C=O) groups is 1. The maximum absolute atomic E-state index is 12.8. The van der Waals surface area contributed by atoms with Crippen LogP contribution < -0.4 is 14.4 Å². The molecule has 1 N–H and O–H groups in total. The number of carbonyl (C=O) groups excluding carboxylic acids is 1. The SMILES string of the molecule is CC[C@H](C(=O)NCCCc1cccc(OC)c1)N(c1ccc(Cl)cc1)S(C)(=O)=O. The van der Waals surface area contributed by atoms with E-state index in [9.17, 15) is 13.2 Å². The third-order valence-corrected chi connectivity index (χ3v) is 5.92. The molecule has 1 atom stereocenters. The second kappa shape index (κ2) is 10.5. The van der Waals surface area contributed by atoms with Crippen molar-refractivity contribution >= 4 is 33.2 Å². The van der Waals surface area contributed by atoms with Crippen LogP contribution in [0.1, 0.15) is 25.3 Å². The zero-order valence-electron chi connectivity index (χ0n) is 16.9. The van der Waals surface area contributed by atoms with E-state index >= 15 is 0 Å². The van der Waals surface area contributed by atoms with E-state index in [1.54, 1.807) is 38.3 Å². The number of ether oxygens (including phenoxy) is 1. The van der Waals surface area contributed by atoms with Crippen LogP contribution in [0.3, 0.4) is 0 Å². The van der Waals surface area contributed by atoms with Crippen LogP contribution in [0.2, 0.25) is 5.02 Å². The molecule has 0 aliphatic heterocycles. The number of nitrogens with one attached hydrogen (secondary N) is 1. The summed E-state index contributed by atoms with van der Waals surface area (Å²) < 4.78 is 31.2. The first kappa shape index (κ1) is 23.0. The Hall–Kier alpha value is -2.25. The van der Waals surface area contributed by atoms with E-state index in [-0.39, 0.29) is 5.91 Å². The molecule has 158 valence electrons. The second-order valence-corrected chi connectivity index (χ2v) is 9.00. The lowest BCUT2D eigenvalue weighted by Crippen LogP contribution is -2.49. The van der Waals surface area contributed by atoms with Crippen molar-refractivity contribution in [3.63, 3.8) is 0 Å². The third kappa shape index (κ3) is 6.65. The van der Waals surface area contributed by atoms with Crippen LogP contribution in [0, 0.1) is 0 Å². The molecule has 6 nitrogen and oxygen atoms in total. The highest BCUT2D eigenvalue weighted by molar-refractivity contribution is 7.92. The molecule has 0 aliphatic carbocycles. The summed E-state index contributed by atoms with van der Waals surface area (Å²) in [6.45, 7) is 2.24. The number of hydrogen-bond donors (Lipinski definition) is 1. The van der Waals surface area contributed by atoms with Crippen molar-refractivity contribution in [1.82, 2.24) is 5.32 Å². The van der Waals surface area contributed by atoms with Gasteiger partial charge in [0, 0.05) is 11.6 Å². The summed E-state index contributed by atoms with van der Waals surface area (Å²) in [7, 11) is -2.03. The highest BCUT2D eigenvalue weighted by atomic mass is 35.5. The van der Waals surface area contributed by atoms with E-state index in [1.165, 1.54) is 0 Å². The van der Waals surface area contributed by atoms with Crippen molar-refractivity contribution in [1.29, 1.82) is 0 Å². The van der Waals surface area contributed by atoms with Crippen molar-refractivity contribution in [2.24, 2.45) is 0 Å². The lowest BCUT2D eigenvalue weighted by Gasteiger charge is -2.30. The van der Waals surface area contributed by atoms with Crippen molar-refractivity contribution in [2.45, 2.75) is 32.2 Å². The number of aryl methyl sites for hydroxylation is 1. The molecule has 1 amide bonds. The Bertz CT molecular complexity index is 917. The fraction of sp³-hybridized carbons (Fsp3) is 0.381. The van der Waals surface area contributed by atoms with Crippen molar-refractivity contribution < 1.29 is 17.9 Å². The Labute approximate surface area is 177 Å². The maximum Gasteiger partial charge on any atom is 0.243 e. The average molecular weight is 439 g/mol. The number of anilines is 1. The molecule has 0 saturated carbocycles. The van der Waals surface area contributed by atoms with Crippen molar-refractivity contribution in [3.8, 4) is 5.75 Å². The summed E-state index contributed by atoms with van der Waals surface area (Å²) in [6, 6.07) is 13.4. The van der Waals surface area contributed by atoms with Gasteiger partial charge < -0.3 is 10.1 Å². The van der Waals surface area contributed by atoms with Gasteiger partial charge in [0.2, 0.25) is 15.9 Å². The van der Waals surface area contributed by atoms with E-state index in [2.05, 4.69) is 5.32 Å². The van der Waals surface area contributed by atoms with E-state index in [0.29, 0.717) is 23.7 Å². The van der Waals surface area contributed by atoms with Gasteiger partial charge in [-0.3, -0.25) is 9.10 Å². The summed E-state index contributed by atoms with van der Waals surface area (Å²) in [5.74, 6) is 0.475. The smallest absolute Gasteiger partial charge is 0.243 e. The molecule has 0 heterocycles. The molecular formula is C21H27ClN2O4S. The highest BCUT2D eigenvalue weighted by Crippen LogP contribution is 2.24.